The van der Waals surface area contributed by atoms with Gasteiger partial charge in [0, 0.05) is 6.20 Å². The Morgan fingerprint density at radius 2 is 1.95 bits per heavy atom. The highest BCUT2D eigenvalue weighted by atomic mass is 35.5. The first-order valence-corrected chi connectivity index (χ1v) is 5.78. The molecule has 0 bridgehead atoms. The molecular weight excluding hydrogens is 291 g/mol. The Bertz CT molecular complexity index is 677. The number of alkyl halides is 3. The molecule has 1 N–H and O–H groups in total. The van der Waals surface area contributed by atoms with Gasteiger partial charge in [0.15, 0.2) is 5.69 Å². The molecule has 0 fully saturated rings. The molecule has 1 heterocycles. The number of benzene rings is 1. The van der Waals surface area contributed by atoms with Gasteiger partial charge in [0.05, 0.1) is 22.0 Å². The van der Waals surface area contributed by atoms with Gasteiger partial charge in [0.2, 0.25) is 0 Å². The second kappa shape index (κ2) is 5.39. The lowest BCUT2D eigenvalue weighted by Crippen LogP contribution is -2.05. The number of nitrogens with zero attached hydrogens (tertiary/aromatic N) is 2. The van der Waals surface area contributed by atoms with Crippen LogP contribution in [-0.2, 0) is 6.18 Å². The van der Waals surface area contributed by atoms with Crippen molar-refractivity contribution in [3.05, 3.63) is 52.8 Å². The van der Waals surface area contributed by atoms with Crippen LogP contribution in [0.3, 0.4) is 0 Å². The fraction of sp³-hybridized carbons (Fsp3) is 0.0769. The molecule has 20 heavy (non-hydrogen) atoms. The highest BCUT2D eigenvalue weighted by Gasteiger charge is 2.30. The van der Waals surface area contributed by atoms with Crippen molar-refractivity contribution in [2.45, 2.75) is 6.18 Å². The Kier molecular flexibility index (Phi) is 3.81. The summed E-state index contributed by atoms with van der Waals surface area (Å²) in [6, 6.07) is 8.00. The van der Waals surface area contributed by atoms with Crippen LogP contribution in [0.1, 0.15) is 11.3 Å². The predicted octanol–water partition coefficient (Wildman–Crippen LogP) is 4.37. The number of rotatable bonds is 2. The Hall–Kier alpha value is -2.26. The Morgan fingerprint density at radius 3 is 2.55 bits per heavy atom. The molecule has 102 valence electrons. The van der Waals surface area contributed by atoms with Crippen molar-refractivity contribution >= 4 is 23.0 Å². The van der Waals surface area contributed by atoms with Gasteiger partial charge < -0.3 is 5.32 Å². The van der Waals surface area contributed by atoms with Crippen LogP contribution in [0.15, 0.2) is 36.5 Å². The molecule has 0 saturated heterocycles. The average Bonchev–Trinajstić information content (AvgIpc) is 2.40. The largest absolute Gasteiger partial charge is 0.416 e. The number of aromatic nitrogens is 1. The first kappa shape index (κ1) is 14.2. The molecule has 0 unspecified atom stereocenters. The van der Waals surface area contributed by atoms with E-state index < -0.39 is 11.7 Å². The van der Waals surface area contributed by atoms with E-state index >= 15 is 0 Å². The van der Waals surface area contributed by atoms with Crippen LogP contribution in [0.4, 0.5) is 24.5 Å². The molecule has 0 atom stereocenters. The Morgan fingerprint density at radius 1 is 1.20 bits per heavy atom. The highest BCUT2D eigenvalue weighted by molar-refractivity contribution is 6.33. The van der Waals surface area contributed by atoms with E-state index in [4.69, 9.17) is 16.9 Å². The lowest BCUT2D eigenvalue weighted by Gasteiger charge is -2.12. The third-order valence-corrected chi connectivity index (χ3v) is 2.79. The smallest absolute Gasteiger partial charge is 0.352 e. The summed E-state index contributed by atoms with van der Waals surface area (Å²) in [5, 5.41) is 11.6. The van der Waals surface area contributed by atoms with Crippen molar-refractivity contribution in [1.82, 2.24) is 4.98 Å². The van der Waals surface area contributed by atoms with Crippen LogP contribution in [-0.4, -0.2) is 4.98 Å². The summed E-state index contributed by atoms with van der Waals surface area (Å²) in [6.07, 6.45) is -3.01. The zero-order valence-electron chi connectivity index (χ0n) is 9.87. The molecule has 0 radical (unpaired) electrons. The second-order valence-electron chi connectivity index (χ2n) is 3.83. The van der Waals surface area contributed by atoms with Crippen molar-refractivity contribution in [1.29, 1.82) is 5.26 Å². The van der Waals surface area contributed by atoms with E-state index in [0.29, 0.717) is 5.69 Å². The summed E-state index contributed by atoms with van der Waals surface area (Å²) in [7, 11) is 0. The van der Waals surface area contributed by atoms with Crippen molar-refractivity contribution < 1.29 is 13.2 Å². The standard InChI is InChI=1S/C13H7ClF3N3/c14-9-6-8(13(15,16)17)3-4-10(9)20-11-2-1-5-19-12(11)7-18/h1-6,20H. The maximum atomic E-state index is 12.5. The molecule has 2 rings (SSSR count). The molecule has 0 amide bonds. The van der Waals surface area contributed by atoms with E-state index in [1.165, 1.54) is 12.3 Å². The van der Waals surface area contributed by atoms with E-state index in [2.05, 4.69) is 10.3 Å². The maximum Gasteiger partial charge on any atom is 0.416 e. The van der Waals surface area contributed by atoms with Gasteiger partial charge in [-0.25, -0.2) is 4.98 Å². The number of pyridine rings is 1. The number of anilines is 2. The molecule has 1 aromatic carbocycles. The number of nitriles is 1. The molecule has 0 saturated carbocycles. The zero-order valence-corrected chi connectivity index (χ0v) is 10.6. The van der Waals surface area contributed by atoms with Gasteiger partial charge in [-0.2, -0.15) is 18.4 Å². The van der Waals surface area contributed by atoms with Crippen molar-refractivity contribution in [3.8, 4) is 6.07 Å². The Labute approximate surface area is 117 Å². The van der Waals surface area contributed by atoms with Gasteiger partial charge in [0.25, 0.3) is 0 Å². The number of nitrogens with one attached hydrogen (secondary N) is 1. The summed E-state index contributed by atoms with van der Waals surface area (Å²) in [5.74, 6) is 0. The molecule has 7 heteroatoms. The SMILES string of the molecule is N#Cc1ncccc1Nc1ccc(C(F)(F)F)cc1Cl. The van der Waals surface area contributed by atoms with Gasteiger partial charge >= 0.3 is 6.18 Å². The maximum absolute atomic E-state index is 12.5. The second-order valence-corrected chi connectivity index (χ2v) is 4.24. The van der Waals surface area contributed by atoms with Crippen molar-refractivity contribution in [2.24, 2.45) is 0 Å². The van der Waals surface area contributed by atoms with Crippen LogP contribution in [0.25, 0.3) is 0 Å². The molecule has 0 aliphatic carbocycles. The summed E-state index contributed by atoms with van der Waals surface area (Å²) in [4.78, 5) is 3.83. The van der Waals surface area contributed by atoms with Gasteiger partial charge in [0.1, 0.15) is 6.07 Å². The number of halogens is 4. The Balaban J connectivity index is 2.34. The monoisotopic (exact) mass is 297 g/mol. The van der Waals surface area contributed by atoms with Gasteiger partial charge in [-0.3, -0.25) is 0 Å². The molecule has 3 nitrogen and oxygen atoms in total. The quantitative estimate of drug-likeness (QED) is 0.895. The molecule has 0 spiro atoms. The third kappa shape index (κ3) is 3.00. The first-order chi connectivity index (χ1) is 9.41. The highest BCUT2D eigenvalue weighted by Crippen LogP contribution is 2.34. The van der Waals surface area contributed by atoms with Crippen molar-refractivity contribution in [3.63, 3.8) is 0 Å². The number of hydrogen-bond donors (Lipinski definition) is 1. The van der Waals surface area contributed by atoms with E-state index in [1.807, 2.05) is 6.07 Å². The molecule has 2 aromatic rings. The predicted molar refractivity (Wildman–Crippen MR) is 68.7 cm³/mol. The van der Waals surface area contributed by atoms with E-state index in [0.717, 1.165) is 12.1 Å². The molecule has 0 aliphatic heterocycles. The lowest BCUT2D eigenvalue weighted by molar-refractivity contribution is -0.137. The molecular formula is C13H7ClF3N3. The third-order valence-electron chi connectivity index (χ3n) is 2.48. The zero-order chi connectivity index (χ0) is 14.8. The normalized spacial score (nSPS) is 10.9. The van der Waals surface area contributed by atoms with Crippen LogP contribution in [0.2, 0.25) is 5.02 Å². The van der Waals surface area contributed by atoms with Crippen LogP contribution in [0, 0.1) is 11.3 Å². The fourth-order valence-corrected chi connectivity index (χ4v) is 1.76. The fourth-order valence-electron chi connectivity index (χ4n) is 1.53. The minimum Gasteiger partial charge on any atom is -0.352 e. The van der Waals surface area contributed by atoms with Crippen LogP contribution >= 0.6 is 11.6 Å². The van der Waals surface area contributed by atoms with E-state index in [-0.39, 0.29) is 16.4 Å². The van der Waals surface area contributed by atoms with Crippen LogP contribution < -0.4 is 5.32 Å². The van der Waals surface area contributed by atoms with E-state index in [1.54, 1.807) is 12.1 Å². The average molecular weight is 298 g/mol. The van der Waals surface area contributed by atoms with E-state index in [9.17, 15) is 13.2 Å². The van der Waals surface area contributed by atoms with Gasteiger partial charge in [-0.05, 0) is 30.3 Å². The van der Waals surface area contributed by atoms with Crippen LogP contribution in [0.5, 0.6) is 0 Å². The summed E-state index contributed by atoms with van der Waals surface area (Å²) < 4.78 is 37.5. The molecule has 0 aliphatic rings. The summed E-state index contributed by atoms with van der Waals surface area (Å²) in [6.45, 7) is 0. The summed E-state index contributed by atoms with van der Waals surface area (Å²) >= 11 is 5.82. The number of hydrogen-bond acceptors (Lipinski definition) is 3. The topological polar surface area (TPSA) is 48.7 Å². The van der Waals surface area contributed by atoms with Crippen molar-refractivity contribution in [2.75, 3.05) is 5.32 Å². The molecule has 1 aromatic heterocycles. The van der Waals surface area contributed by atoms with Gasteiger partial charge in [-0.15, -0.1) is 0 Å². The first-order valence-electron chi connectivity index (χ1n) is 5.40. The minimum absolute atomic E-state index is 0.0902. The lowest BCUT2D eigenvalue weighted by atomic mass is 10.2. The summed E-state index contributed by atoms with van der Waals surface area (Å²) in [5.41, 5.74) is -0.0657. The van der Waals surface area contributed by atoms with Gasteiger partial charge in [-0.1, -0.05) is 11.6 Å². The minimum atomic E-state index is -4.45.